The van der Waals surface area contributed by atoms with Gasteiger partial charge in [-0.1, -0.05) is 0 Å². The maximum atomic E-state index is 4.67. The molecule has 1 fully saturated rings. The van der Waals surface area contributed by atoms with Crippen molar-refractivity contribution >= 4 is 11.6 Å². The van der Waals surface area contributed by atoms with Crippen LogP contribution in [0.2, 0.25) is 0 Å². The van der Waals surface area contributed by atoms with Crippen LogP contribution in [0.3, 0.4) is 0 Å². The van der Waals surface area contributed by atoms with Gasteiger partial charge in [0.15, 0.2) is 0 Å². The highest BCUT2D eigenvalue weighted by molar-refractivity contribution is 5.57. The van der Waals surface area contributed by atoms with Crippen molar-refractivity contribution in [2.24, 2.45) is 0 Å². The van der Waals surface area contributed by atoms with Gasteiger partial charge in [-0.15, -0.1) is 0 Å². The van der Waals surface area contributed by atoms with Crippen LogP contribution in [-0.4, -0.2) is 33.3 Å². The molecule has 2 aromatic rings. The summed E-state index contributed by atoms with van der Waals surface area (Å²) in [6.45, 7) is 3.66. The van der Waals surface area contributed by atoms with Gasteiger partial charge in [0.25, 0.3) is 0 Å². The van der Waals surface area contributed by atoms with E-state index in [1.807, 2.05) is 30.9 Å². The Balaban J connectivity index is 1.72. The summed E-state index contributed by atoms with van der Waals surface area (Å²) in [6, 6.07) is 1.93. The number of aromatic nitrogens is 4. The molecule has 0 radical (unpaired) electrons. The number of anilines is 2. The fraction of sp³-hybridized carbons (Fsp3) is 0.500. The number of rotatable bonds is 6. The topological polar surface area (TPSA) is 67.7 Å². The zero-order chi connectivity index (χ0) is 13.9. The lowest BCUT2D eigenvalue weighted by atomic mass is 10.2. The highest BCUT2D eigenvalue weighted by Gasteiger charge is 2.28. The number of nitrogens with one attached hydrogen (secondary N) is 2. The van der Waals surface area contributed by atoms with Crippen molar-refractivity contribution in [3.63, 3.8) is 0 Å². The Hall–Kier alpha value is -2.11. The number of nitrogens with zero attached hydrogens (tertiary/aromatic N) is 4. The highest BCUT2D eigenvalue weighted by atomic mass is 15.3. The summed E-state index contributed by atoms with van der Waals surface area (Å²) in [5.41, 5.74) is 1.07. The predicted octanol–water partition coefficient (Wildman–Crippen LogP) is 2.01. The third-order valence-electron chi connectivity index (χ3n) is 3.53. The fourth-order valence-corrected chi connectivity index (χ4v) is 2.20. The molecular weight excluding hydrogens is 252 g/mol. The van der Waals surface area contributed by atoms with E-state index in [1.165, 1.54) is 12.8 Å². The average Bonchev–Trinajstić information content (AvgIpc) is 3.18. The summed E-state index contributed by atoms with van der Waals surface area (Å²) in [5, 5.41) is 10.7. The molecule has 0 amide bonds. The van der Waals surface area contributed by atoms with Gasteiger partial charge in [-0.05, 0) is 25.8 Å². The van der Waals surface area contributed by atoms with Crippen LogP contribution in [-0.2, 0) is 6.54 Å². The van der Waals surface area contributed by atoms with Gasteiger partial charge in [0.1, 0.15) is 17.5 Å². The Kier molecular flexibility index (Phi) is 3.54. The van der Waals surface area contributed by atoms with Crippen LogP contribution < -0.4 is 10.6 Å². The van der Waals surface area contributed by atoms with Gasteiger partial charge in [-0.2, -0.15) is 5.10 Å². The van der Waals surface area contributed by atoms with Crippen molar-refractivity contribution in [1.82, 2.24) is 19.7 Å². The second-order valence-corrected chi connectivity index (χ2v) is 5.12. The van der Waals surface area contributed by atoms with Crippen molar-refractivity contribution in [2.45, 2.75) is 32.2 Å². The van der Waals surface area contributed by atoms with Gasteiger partial charge in [0.05, 0.1) is 6.54 Å². The van der Waals surface area contributed by atoms with Crippen molar-refractivity contribution < 1.29 is 0 Å². The van der Waals surface area contributed by atoms with E-state index in [2.05, 4.69) is 25.7 Å². The van der Waals surface area contributed by atoms with Crippen molar-refractivity contribution in [2.75, 3.05) is 24.2 Å². The first-order chi connectivity index (χ1) is 9.78. The normalized spacial score (nSPS) is 14.3. The third kappa shape index (κ3) is 2.74. The molecule has 0 spiro atoms. The summed E-state index contributed by atoms with van der Waals surface area (Å²) in [7, 11) is 1.90. The second-order valence-electron chi connectivity index (χ2n) is 5.12. The van der Waals surface area contributed by atoms with Crippen LogP contribution >= 0.6 is 0 Å². The van der Waals surface area contributed by atoms with Crippen molar-refractivity contribution in [3.05, 3.63) is 29.8 Å². The minimum atomic E-state index is 0.550. The van der Waals surface area contributed by atoms with Crippen LogP contribution in [0.25, 0.3) is 0 Å². The van der Waals surface area contributed by atoms with Crippen LogP contribution in [0.1, 0.15) is 30.1 Å². The summed E-state index contributed by atoms with van der Waals surface area (Å²) < 4.78 is 1.91. The lowest BCUT2D eigenvalue weighted by Gasteiger charge is -2.13. The minimum absolute atomic E-state index is 0.550. The summed E-state index contributed by atoms with van der Waals surface area (Å²) >= 11 is 0. The third-order valence-corrected chi connectivity index (χ3v) is 3.53. The minimum Gasteiger partial charge on any atom is -0.373 e. The van der Waals surface area contributed by atoms with E-state index in [-0.39, 0.29) is 0 Å². The molecular formula is C14H20N6. The first kappa shape index (κ1) is 12.9. The molecule has 1 aliphatic rings. The van der Waals surface area contributed by atoms with E-state index < -0.39 is 0 Å². The van der Waals surface area contributed by atoms with Gasteiger partial charge < -0.3 is 10.6 Å². The molecule has 0 bridgehead atoms. The smallest absolute Gasteiger partial charge is 0.136 e. The van der Waals surface area contributed by atoms with E-state index in [0.29, 0.717) is 5.92 Å². The second kappa shape index (κ2) is 5.48. The Morgan fingerprint density at radius 2 is 2.10 bits per heavy atom. The summed E-state index contributed by atoms with van der Waals surface area (Å²) in [5.74, 6) is 3.36. The Morgan fingerprint density at radius 1 is 1.30 bits per heavy atom. The molecule has 0 aliphatic heterocycles. The van der Waals surface area contributed by atoms with Crippen LogP contribution in [0.4, 0.5) is 11.6 Å². The molecule has 1 saturated carbocycles. The summed E-state index contributed by atoms with van der Waals surface area (Å²) in [6.07, 6.45) is 6.17. The zero-order valence-electron chi connectivity index (χ0n) is 11.9. The molecule has 2 heterocycles. The summed E-state index contributed by atoms with van der Waals surface area (Å²) in [4.78, 5) is 9.26. The number of hydrogen-bond donors (Lipinski definition) is 2. The van der Waals surface area contributed by atoms with E-state index >= 15 is 0 Å². The zero-order valence-corrected chi connectivity index (χ0v) is 11.9. The van der Waals surface area contributed by atoms with Gasteiger partial charge in [0, 0.05) is 37.5 Å². The van der Waals surface area contributed by atoms with E-state index in [0.717, 1.165) is 36.1 Å². The maximum Gasteiger partial charge on any atom is 0.136 e. The molecule has 0 atom stereocenters. The molecule has 6 nitrogen and oxygen atoms in total. The number of hydrogen-bond acceptors (Lipinski definition) is 5. The molecule has 106 valence electrons. The Labute approximate surface area is 118 Å². The van der Waals surface area contributed by atoms with E-state index in [1.54, 1.807) is 6.20 Å². The monoisotopic (exact) mass is 272 g/mol. The lowest BCUT2D eigenvalue weighted by molar-refractivity contribution is 0.636. The molecule has 0 aromatic carbocycles. The molecule has 1 aliphatic carbocycles. The standard InChI is InChI=1S/C14H20N6/c1-10-12(15-2)18-14(11-4-5-11)19-13(10)16-7-9-20-8-3-6-17-20/h3,6,8,11H,4-5,7,9H2,1-2H3,(H2,15,16,18,19). The molecule has 2 aromatic heterocycles. The first-order valence-corrected chi connectivity index (χ1v) is 7.05. The molecule has 20 heavy (non-hydrogen) atoms. The van der Waals surface area contributed by atoms with Crippen LogP contribution in [0.15, 0.2) is 18.5 Å². The van der Waals surface area contributed by atoms with Crippen molar-refractivity contribution in [3.8, 4) is 0 Å². The largest absolute Gasteiger partial charge is 0.373 e. The molecule has 3 rings (SSSR count). The Morgan fingerprint density at radius 3 is 2.75 bits per heavy atom. The predicted molar refractivity (Wildman–Crippen MR) is 79.0 cm³/mol. The van der Waals surface area contributed by atoms with E-state index in [9.17, 15) is 0 Å². The maximum absolute atomic E-state index is 4.67. The van der Waals surface area contributed by atoms with E-state index in [4.69, 9.17) is 0 Å². The highest BCUT2D eigenvalue weighted by Crippen LogP contribution is 2.39. The van der Waals surface area contributed by atoms with Gasteiger partial charge >= 0.3 is 0 Å². The Bertz CT molecular complexity index is 574. The van der Waals surface area contributed by atoms with Gasteiger partial charge in [-0.3, -0.25) is 4.68 Å². The molecule has 0 unspecified atom stereocenters. The first-order valence-electron chi connectivity index (χ1n) is 7.05. The van der Waals surface area contributed by atoms with Crippen LogP contribution in [0, 0.1) is 6.92 Å². The van der Waals surface area contributed by atoms with Crippen LogP contribution in [0.5, 0.6) is 0 Å². The molecule has 2 N–H and O–H groups in total. The quantitative estimate of drug-likeness (QED) is 0.842. The van der Waals surface area contributed by atoms with Gasteiger partial charge in [0.2, 0.25) is 0 Å². The van der Waals surface area contributed by atoms with Crippen molar-refractivity contribution in [1.29, 1.82) is 0 Å². The average molecular weight is 272 g/mol. The lowest BCUT2D eigenvalue weighted by Crippen LogP contribution is -2.14. The molecule has 0 saturated heterocycles. The molecule has 6 heteroatoms. The van der Waals surface area contributed by atoms with Gasteiger partial charge in [-0.25, -0.2) is 9.97 Å². The SMILES string of the molecule is CNc1nc(C2CC2)nc(NCCn2cccn2)c1C. The fourth-order valence-electron chi connectivity index (χ4n) is 2.20.